The molecule has 0 bridgehead atoms. The van der Waals surface area contributed by atoms with E-state index in [0.717, 1.165) is 11.1 Å². The number of methoxy groups -OCH3 is 1. The Bertz CT molecular complexity index is 592. The lowest BCUT2D eigenvalue weighted by Gasteiger charge is -2.19. The Hall–Kier alpha value is -1.33. The molecule has 2 aromatic rings. The van der Waals surface area contributed by atoms with Crippen LogP contribution in [-0.2, 0) is 6.42 Å². The standard InChI is InChI=1S/C14H15Cl2N3O/c1-20-13-8-18-6-5-10(13)12(19-17)7-9-3-2-4-11(15)14(9)16/h2-6,8,12,19H,7,17H2,1H3. The van der Waals surface area contributed by atoms with Crippen LogP contribution in [0.5, 0.6) is 5.75 Å². The van der Waals surface area contributed by atoms with E-state index >= 15 is 0 Å². The number of benzene rings is 1. The van der Waals surface area contributed by atoms with Crippen LogP contribution in [0.25, 0.3) is 0 Å². The van der Waals surface area contributed by atoms with Gasteiger partial charge in [0.15, 0.2) is 0 Å². The molecule has 0 aliphatic heterocycles. The third kappa shape index (κ3) is 3.22. The van der Waals surface area contributed by atoms with Gasteiger partial charge in [-0.1, -0.05) is 35.3 Å². The first-order chi connectivity index (χ1) is 9.67. The lowest BCUT2D eigenvalue weighted by Crippen LogP contribution is -2.30. The van der Waals surface area contributed by atoms with Gasteiger partial charge in [-0.3, -0.25) is 16.3 Å². The lowest BCUT2D eigenvalue weighted by molar-refractivity contribution is 0.397. The van der Waals surface area contributed by atoms with Crippen LogP contribution in [0.4, 0.5) is 0 Å². The fraction of sp³-hybridized carbons (Fsp3) is 0.214. The summed E-state index contributed by atoms with van der Waals surface area (Å²) in [5.74, 6) is 6.34. The van der Waals surface area contributed by atoms with Crippen molar-refractivity contribution in [3.05, 3.63) is 57.8 Å². The third-order valence-corrected chi connectivity index (χ3v) is 3.93. The predicted molar refractivity (Wildman–Crippen MR) is 81.0 cm³/mol. The van der Waals surface area contributed by atoms with E-state index in [0.29, 0.717) is 22.2 Å². The van der Waals surface area contributed by atoms with E-state index in [4.69, 9.17) is 33.8 Å². The highest BCUT2D eigenvalue weighted by molar-refractivity contribution is 6.42. The summed E-state index contributed by atoms with van der Waals surface area (Å²) >= 11 is 12.2. The average molecular weight is 312 g/mol. The van der Waals surface area contributed by atoms with Crippen molar-refractivity contribution in [2.45, 2.75) is 12.5 Å². The molecule has 4 nitrogen and oxygen atoms in total. The third-order valence-electron chi connectivity index (χ3n) is 3.07. The molecule has 2 rings (SSSR count). The number of hydrogen-bond donors (Lipinski definition) is 2. The number of aromatic nitrogens is 1. The van der Waals surface area contributed by atoms with Crippen molar-refractivity contribution in [2.24, 2.45) is 5.84 Å². The van der Waals surface area contributed by atoms with Crippen LogP contribution in [-0.4, -0.2) is 12.1 Å². The van der Waals surface area contributed by atoms with E-state index in [1.54, 1.807) is 25.6 Å². The summed E-state index contributed by atoms with van der Waals surface area (Å²) in [7, 11) is 1.60. The number of hydrogen-bond acceptors (Lipinski definition) is 4. The summed E-state index contributed by atoms with van der Waals surface area (Å²) in [6, 6.07) is 7.25. The highest BCUT2D eigenvalue weighted by Gasteiger charge is 2.17. The van der Waals surface area contributed by atoms with E-state index < -0.39 is 0 Å². The molecule has 0 amide bonds. The number of pyridine rings is 1. The Balaban J connectivity index is 2.31. The van der Waals surface area contributed by atoms with E-state index in [9.17, 15) is 0 Å². The first-order valence-electron chi connectivity index (χ1n) is 6.04. The van der Waals surface area contributed by atoms with Crippen LogP contribution in [0.1, 0.15) is 17.2 Å². The zero-order valence-corrected chi connectivity index (χ0v) is 12.4. The van der Waals surface area contributed by atoms with E-state index in [1.807, 2.05) is 18.2 Å². The molecule has 3 N–H and O–H groups in total. The number of nitrogens with zero attached hydrogens (tertiary/aromatic N) is 1. The maximum atomic E-state index is 6.21. The topological polar surface area (TPSA) is 60.2 Å². The van der Waals surface area contributed by atoms with Crippen molar-refractivity contribution in [2.75, 3.05) is 7.11 Å². The van der Waals surface area contributed by atoms with Crippen LogP contribution < -0.4 is 16.0 Å². The maximum Gasteiger partial charge on any atom is 0.141 e. The van der Waals surface area contributed by atoms with Crippen molar-refractivity contribution >= 4 is 23.2 Å². The highest BCUT2D eigenvalue weighted by atomic mass is 35.5. The van der Waals surface area contributed by atoms with Gasteiger partial charge in [-0.15, -0.1) is 0 Å². The first kappa shape index (κ1) is 15.1. The average Bonchev–Trinajstić information content (AvgIpc) is 2.49. The molecule has 0 aliphatic rings. The van der Waals surface area contributed by atoms with Crippen molar-refractivity contribution in [1.29, 1.82) is 0 Å². The number of ether oxygens (including phenoxy) is 1. The summed E-state index contributed by atoms with van der Waals surface area (Å²) in [6.45, 7) is 0. The molecular weight excluding hydrogens is 297 g/mol. The van der Waals surface area contributed by atoms with Gasteiger partial charge < -0.3 is 4.74 Å². The van der Waals surface area contributed by atoms with Crippen molar-refractivity contribution in [3.63, 3.8) is 0 Å². The fourth-order valence-corrected chi connectivity index (χ4v) is 2.43. The smallest absolute Gasteiger partial charge is 0.141 e. The number of halogens is 2. The molecule has 6 heteroatoms. The van der Waals surface area contributed by atoms with Crippen LogP contribution in [0.3, 0.4) is 0 Å². The molecule has 1 aromatic carbocycles. The van der Waals surface area contributed by atoms with E-state index in [2.05, 4.69) is 10.4 Å². The lowest BCUT2D eigenvalue weighted by atomic mass is 9.99. The predicted octanol–water partition coefficient (Wildman–Crippen LogP) is 3.14. The molecule has 1 aromatic heterocycles. The second-order valence-electron chi connectivity index (χ2n) is 4.25. The fourth-order valence-electron chi connectivity index (χ4n) is 2.03. The van der Waals surface area contributed by atoms with Crippen molar-refractivity contribution in [1.82, 2.24) is 10.4 Å². The molecular formula is C14H15Cl2N3O. The highest BCUT2D eigenvalue weighted by Crippen LogP contribution is 2.31. The molecule has 0 fully saturated rings. The number of hydrazine groups is 1. The van der Waals surface area contributed by atoms with Gasteiger partial charge in [-0.2, -0.15) is 0 Å². The number of rotatable bonds is 5. The Morgan fingerprint density at radius 1 is 1.35 bits per heavy atom. The maximum absolute atomic E-state index is 6.21. The molecule has 106 valence electrons. The van der Waals surface area contributed by atoms with Gasteiger partial charge in [0.05, 0.1) is 29.4 Å². The Kier molecular flexibility index (Phi) is 5.20. The Labute approximate surface area is 127 Å². The summed E-state index contributed by atoms with van der Waals surface area (Å²) in [6.07, 6.45) is 3.94. The van der Waals surface area contributed by atoms with E-state index in [-0.39, 0.29) is 6.04 Å². The van der Waals surface area contributed by atoms with Gasteiger partial charge in [0.2, 0.25) is 0 Å². The number of nitrogens with two attached hydrogens (primary N) is 1. The first-order valence-corrected chi connectivity index (χ1v) is 6.80. The molecule has 20 heavy (non-hydrogen) atoms. The van der Waals surface area contributed by atoms with Crippen LogP contribution in [0.2, 0.25) is 10.0 Å². The minimum Gasteiger partial charge on any atom is -0.495 e. The summed E-state index contributed by atoms with van der Waals surface area (Å²) in [4.78, 5) is 4.03. The molecule has 1 unspecified atom stereocenters. The molecule has 0 saturated heterocycles. The molecule has 0 spiro atoms. The molecule has 0 radical (unpaired) electrons. The second kappa shape index (κ2) is 6.90. The van der Waals surface area contributed by atoms with Gasteiger partial charge in [0, 0.05) is 11.8 Å². The van der Waals surface area contributed by atoms with Crippen molar-refractivity contribution < 1.29 is 4.74 Å². The molecule has 0 saturated carbocycles. The van der Waals surface area contributed by atoms with Crippen molar-refractivity contribution in [3.8, 4) is 5.75 Å². The normalized spacial score (nSPS) is 12.2. The summed E-state index contributed by atoms with van der Waals surface area (Å²) < 4.78 is 5.30. The second-order valence-corrected chi connectivity index (χ2v) is 5.04. The van der Waals surface area contributed by atoms with Crippen LogP contribution in [0.15, 0.2) is 36.7 Å². The van der Waals surface area contributed by atoms with Gasteiger partial charge in [0.1, 0.15) is 5.75 Å². The molecule has 1 heterocycles. The zero-order chi connectivity index (χ0) is 14.5. The SMILES string of the molecule is COc1cnccc1C(Cc1cccc(Cl)c1Cl)NN. The van der Waals surface area contributed by atoms with Crippen LogP contribution >= 0.6 is 23.2 Å². The van der Waals surface area contributed by atoms with Gasteiger partial charge in [0.25, 0.3) is 0 Å². The Morgan fingerprint density at radius 2 is 2.15 bits per heavy atom. The Morgan fingerprint density at radius 3 is 2.85 bits per heavy atom. The van der Waals surface area contributed by atoms with Gasteiger partial charge >= 0.3 is 0 Å². The zero-order valence-electron chi connectivity index (χ0n) is 10.9. The largest absolute Gasteiger partial charge is 0.495 e. The molecule has 0 aliphatic carbocycles. The minimum atomic E-state index is -0.149. The van der Waals surface area contributed by atoms with E-state index in [1.165, 1.54) is 0 Å². The summed E-state index contributed by atoms with van der Waals surface area (Å²) in [5.41, 5.74) is 4.61. The minimum absolute atomic E-state index is 0.149. The quantitative estimate of drug-likeness (QED) is 0.658. The van der Waals surface area contributed by atoms with Crippen LogP contribution in [0, 0.1) is 0 Å². The monoisotopic (exact) mass is 311 g/mol. The number of nitrogens with one attached hydrogen (secondary N) is 1. The van der Waals surface area contributed by atoms with Gasteiger partial charge in [-0.05, 0) is 24.1 Å². The summed E-state index contributed by atoms with van der Waals surface area (Å²) in [5, 5.41) is 1.07. The molecule has 1 atom stereocenters. The van der Waals surface area contributed by atoms with Gasteiger partial charge in [-0.25, -0.2) is 0 Å².